The molecule has 0 saturated heterocycles. The van der Waals surface area contributed by atoms with Crippen LogP contribution in [0.15, 0.2) is 23.1 Å². The molecular weight excluding hydrogens is 275 g/mol. The zero-order valence-electron chi connectivity index (χ0n) is 10.3. The molecule has 1 rings (SSSR count). The van der Waals surface area contributed by atoms with Crippen molar-refractivity contribution < 1.29 is 22.3 Å². The van der Waals surface area contributed by atoms with Crippen molar-refractivity contribution in [2.24, 2.45) is 5.14 Å². The van der Waals surface area contributed by atoms with Crippen molar-refractivity contribution in [1.82, 2.24) is 5.32 Å². The van der Waals surface area contributed by atoms with Gasteiger partial charge in [-0.3, -0.25) is 4.79 Å². The van der Waals surface area contributed by atoms with Gasteiger partial charge in [0.25, 0.3) is 0 Å². The maximum absolute atomic E-state index is 13.5. The first-order valence-electron chi connectivity index (χ1n) is 5.50. The summed E-state index contributed by atoms with van der Waals surface area (Å²) < 4.78 is 40.6. The molecule has 106 valence electrons. The maximum Gasteiger partial charge on any atom is 0.238 e. The predicted octanol–water partition coefficient (Wildman–Crippen LogP) is 0.378. The van der Waals surface area contributed by atoms with Gasteiger partial charge in [0.2, 0.25) is 15.9 Å². The molecular formula is C11H15FN2O4S. The van der Waals surface area contributed by atoms with Gasteiger partial charge in [0.05, 0.1) is 11.5 Å². The van der Waals surface area contributed by atoms with E-state index < -0.39 is 15.8 Å². The molecule has 0 aromatic heterocycles. The highest BCUT2D eigenvalue weighted by atomic mass is 32.2. The van der Waals surface area contributed by atoms with Crippen molar-refractivity contribution in [2.45, 2.75) is 17.7 Å². The highest BCUT2D eigenvalue weighted by Crippen LogP contribution is 2.20. The summed E-state index contributed by atoms with van der Waals surface area (Å²) in [5.74, 6) is -1.02. The van der Waals surface area contributed by atoms with E-state index in [9.17, 15) is 17.6 Å². The van der Waals surface area contributed by atoms with E-state index in [1.807, 2.05) is 0 Å². The molecule has 1 amide bonds. The second kappa shape index (κ2) is 6.48. The van der Waals surface area contributed by atoms with Gasteiger partial charge in [-0.25, -0.2) is 17.9 Å². The fraction of sp³-hybridized carbons (Fsp3) is 0.364. The Morgan fingerprint density at radius 1 is 1.47 bits per heavy atom. The molecule has 3 N–H and O–H groups in total. The molecule has 0 aliphatic heterocycles. The van der Waals surface area contributed by atoms with Crippen LogP contribution in [0, 0.1) is 5.82 Å². The third-order valence-corrected chi connectivity index (χ3v) is 3.23. The first kappa shape index (κ1) is 15.4. The van der Waals surface area contributed by atoms with Crippen LogP contribution in [0.4, 0.5) is 4.39 Å². The lowest BCUT2D eigenvalue weighted by molar-refractivity contribution is -0.120. The van der Waals surface area contributed by atoms with Gasteiger partial charge in [-0.1, -0.05) is 0 Å². The first-order chi connectivity index (χ1) is 8.84. The fourth-order valence-electron chi connectivity index (χ4n) is 1.32. The van der Waals surface area contributed by atoms with Crippen molar-refractivity contribution >= 4 is 15.9 Å². The molecule has 1 aromatic rings. The lowest BCUT2D eigenvalue weighted by Crippen LogP contribution is -2.18. The van der Waals surface area contributed by atoms with Crippen LogP contribution >= 0.6 is 0 Å². The quantitative estimate of drug-likeness (QED) is 0.740. The van der Waals surface area contributed by atoms with Crippen LogP contribution in [0.25, 0.3) is 0 Å². The third kappa shape index (κ3) is 4.84. The van der Waals surface area contributed by atoms with Gasteiger partial charge in [0.15, 0.2) is 11.6 Å². The Balaban J connectivity index is 2.59. The van der Waals surface area contributed by atoms with Crippen LogP contribution in [-0.2, 0) is 14.8 Å². The summed E-state index contributed by atoms with van der Waals surface area (Å²) in [6.45, 7) is 0.152. The molecule has 0 unspecified atom stereocenters. The van der Waals surface area contributed by atoms with Crippen LogP contribution in [0.1, 0.15) is 12.8 Å². The van der Waals surface area contributed by atoms with E-state index in [1.54, 1.807) is 0 Å². The minimum absolute atomic E-state index is 0.0793. The van der Waals surface area contributed by atoms with Gasteiger partial charge in [-0.15, -0.1) is 0 Å². The number of nitrogens with one attached hydrogen (secondary N) is 1. The Labute approximate surface area is 110 Å². The molecule has 0 atom stereocenters. The van der Waals surface area contributed by atoms with Gasteiger partial charge < -0.3 is 10.1 Å². The smallest absolute Gasteiger partial charge is 0.238 e. The SMILES string of the molecule is CNC(=O)CCCOc1ccc(S(N)(=O)=O)cc1F. The second-order valence-electron chi connectivity index (χ2n) is 3.76. The molecule has 1 aromatic carbocycles. The number of hydrogen-bond donors (Lipinski definition) is 2. The lowest BCUT2D eigenvalue weighted by Gasteiger charge is -2.07. The Bertz CT molecular complexity index is 560. The van der Waals surface area contributed by atoms with E-state index >= 15 is 0 Å². The highest BCUT2D eigenvalue weighted by Gasteiger charge is 2.12. The number of halogens is 1. The number of amides is 1. The largest absolute Gasteiger partial charge is 0.491 e. The average molecular weight is 290 g/mol. The topological polar surface area (TPSA) is 98.5 Å². The number of nitrogens with two attached hydrogens (primary N) is 1. The van der Waals surface area contributed by atoms with E-state index in [4.69, 9.17) is 9.88 Å². The summed E-state index contributed by atoms with van der Waals surface area (Å²) in [6.07, 6.45) is 0.698. The summed E-state index contributed by atoms with van der Waals surface area (Å²) in [5.41, 5.74) is 0. The van der Waals surface area contributed by atoms with Crippen LogP contribution in [-0.4, -0.2) is 28.0 Å². The van der Waals surface area contributed by atoms with Crippen molar-refractivity contribution in [3.8, 4) is 5.75 Å². The van der Waals surface area contributed by atoms with Crippen LogP contribution in [0.2, 0.25) is 0 Å². The van der Waals surface area contributed by atoms with Crippen molar-refractivity contribution in [1.29, 1.82) is 0 Å². The molecule has 0 aliphatic rings. The van der Waals surface area contributed by atoms with Crippen molar-refractivity contribution in [2.75, 3.05) is 13.7 Å². The standard InChI is InChI=1S/C11H15FN2O4S/c1-14-11(15)3-2-6-18-10-5-4-8(7-9(10)12)19(13,16)17/h4-5,7H,2-3,6H2,1H3,(H,14,15)(H2,13,16,17). The van der Waals surface area contributed by atoms with E-state index in [2.05, 4.69) is 5.32 Å². The highest BCUT2D eigenvalue weighted by molar-refractivity contribution is 7.89. The number of carbonyl (C=O) groups excluding carboxylic acids is 1. The van der Waals surface area contributed by atoms with E-state index in [-0.39, 0.29) is 29.6 Å². The summed E-state index contributed by atoms with van der Waals surface area (Å²) >= 11 is 0. The molecule has 0 spiro atoms. The molecule has 6 nitrogen and oxygen atoms in total. The summed E-state index contributed by atoms with van der Waals surface area (Å²) in [5, 5.41) is 7.32. The zero-order chi connectivity index (χ0) is 14.5. The van der Waals surface area contributed by atoms with Gasteiger partial charge in [-0.05, 0) is 24.6 Å². The molecule has 0 radical (unpaired) electrons. The average Bonchev–Trinajstić information content (AvgIpc) is 2.34. The zero-order valence-corrected chi connectivity index (χ0v) is 11.2. The Hall–Kier alpha value is -1.67. The van der Waals surface area contributed by atoms with Crippen LogP contribution in [0.5, 0.6) is 5.75 Å². The van der Waals surface area contributed by atoms with E-state index in [1.165, 1.54) is 13.1 Å². The third-order valence-electron chi connectivity index (χ3n) is 2.32. The number of rotatable bonds is 6. The van der Waals surface area contributed by atoms with E-state index in [0.717, 1.165) is 12.1 Å². The summed E-state index contributed by atoms with van der Waals surface area (Å²) in [7, 11) is -2.41. The van der Waals surface area contributed by atoms with Gasteiger partial charge in [0.1, 0.15) is 0 Å². The normalized spacial score (nSPS) is 11.1. The number of benzene rings is 1. The maximum atomic E-state index is 13.5. The number of sulfonamides is 1. The second-order valence-corrected chi connectivity index (χ2v) is 5.32. The molecule has 0 saturated carbocycles. The number of ether oxygens (including phenoxy) is 1. The molecule has 8 heteroatoms. The van der Waals surface area contributed by atoms with Crippen LogP contribution in [0.3, 0.4) is 0 Å². The number of carbonyl (C=O) groups is 1. The minimum atomic E-state index is -3.93. The van der Waals surface area contributed by atoms with Crippen molar-refractivity contribution in [3.63, 3.8) is 0 Å². The molecule has 0 heterocycles. The molecule has 0 fully saturated rings. The van der Waals surface area contributed by atoms with E-state index in [0.29, 0.717) is 6.42 Å². The summed E-state index contributed by atoms with van der Waals surface area (Å²) in [6, 6.07) is 3.14. The number of primary sulfonamides is 1. The molecule has 0 bridgehead atoms. The predicted molar refractivity (Wildman–Crippen MR) is 66.6 cm³/mol. The Morgan fingerprint density at radius 2 is 2.16 bits per heavy atom. The summed E-state index contributed by atoms with van der Waals surface area (Å²) in [4.78, 5) is 10.6. The fourth-order valence-corrected chi connectivity index (χ4v) is 1.84. The monoisotopic (exact) mass is 290 g/mol. The lowest BCUT2D eigenvalue weighted by atomic mass is 10.3. The molecule has 0 aliphatic carbocycles. The minimum Gasteiger partial charge on any atom is -0.491 e. The van der Waals surface area contributed by atoms with Crippen LogP contribution < -0.4 is 15.2 Å². The van der Waals surface area contributed by atoms with Gasteiger partial charge in [-0.2, -0.15) is 0 Å². The molecule has 19 heavy (non-hydrogen) atoms. The van der Waals surface area contributed by atoms with Crippen molar-refractivity contribution in [3.05, 3.63) is 24.0 Å². The number of hydrogen-bond acceptors (Lipinski definition) is 4. The Morgan fingerprint density at radius 3 is 2.68 bits per heavy atom. The van der Waals surface area contributed by atoms with Gasteiger partial charge in [0, 0.05) is 13.5 Å². The first-order valence-corrected chi connectivity index (χ1v) is 7.05. The Kier molecular flexibility index (Phi) is 5.25. The van der Waals surface area contributed by atoms with Gasteiger partial charge >= 0.3 is 0 Å².